The largest absolute Gasteiger partial charge is 0.507 e. The molecule has 1 aromatic heterocycles. The van der Waals surface area contributed by atoms with E-state index >= 15 is 0 Å². The molecule has 0 aliphatic carbocycles. The summed E-state index contributed by atoms with van der Waals surface area (Å²) in [6.45, 7) is 5.39. The van der Waals surface area contributed by atoms with Crippen molar-refractivity contribution in [2.45, 2.75) is 26.8 Å². The number of amides is 1. The van der Waals surface area contributed by atoms with Crippen LogP contribution in [0, 0.1) is 26.6 Å². The van der Waals surface area contributed by atoms with Gasteiger partial charge in [-0.05, 0) is 79.4 Å². The molecule has 3 aromatic rings. The van der Waals surface area contributed by atoms with Gasteiger partial charge in [0.25, 0.3) is 11.7 Å². The summed E-state index contributed by atoms with van der Waals surface area (Å²) in [5, 5.41) is 11.1. The SMILES string of the molecule is Cc1cc(/C(O)=C2\C(=O)C(=O)N(c3cccc(C)c3C)C2c2ccncc2)ccc1F. The number of Topliss-reactive ketones (excluding diaryl/α,β-unsaturated/α-hetero) is 1. The zero-order valence-corrected chi connectivity index (χ0v) is 17.4. The number of pyridine rings is 1. The van der Waals surface area contributed by atoms with E-state index < -0.39 is 23.5 Å². The Morgan fingerprint density at radius 3 is 2.39 bits per heavy atom. The number of aryl methyl sites for hydroxylation is 2. The summed E-state index contributed by atoms with van der Waals surface area (Å²) in [5.41, 5.74) is 3.63. The van der Waals surface area contributed by atoms with Gasteiger partial charge in [0.1, 0.15) is 11.6 Å². The molecular weight excluding hydrogens is 395 g/mol. The molecule has 1 saturated heterocycles. The Bertz CT molecular complexity index is 1230. The second-order valence-electron chi connectivity index (χ2n) is 7.63. The van der Waals surface area contributed by atoms with Gasteiger partial charge >= 0.3 is 0 Å². The molecule has 0 bridgehead atoms. The van der Waals surface area contributed by atoms with E-state index in [4.69, 9.17) is 0 Å². The molecule has 5 nitrogen and oxygen atoms in total. The quantitative estimate of drug-likeness (QED) is 0.379. The number of rotatable bonds is 3. The molecule has 1 atom stereocenters. The number of benzene rings is 2. The maximum atomic E-state index is 13.8. The summed E-state index contributed by atoms with van der Waals surface area (Å²) in [6, 6.07) is 12.2. The van der Waals surface area contributed by atoms with Crippen molar-refractivity contribution in [1.29, 1.82) is 0 Å². The van der Waals surface area contributed by atoms with Crippen molar-refractivity contribution in [3.63, 3.8) is 0 Å². The standard InChI is InChI=1S/C25H21FN2O3/c1-14-5-4-6-20(16(14)3)28-22(17-9-11-27-12-10-17)21(24(30)25(28)31)23(29)18-7-8-19(26)15(2)13-18/h4-13,22,29H,1-3H3/b23-21+. The van der Waals surface area contributed by atoms with Gasteiger partial charge in [0.15, 0.2) is 0 Å². The molecule has 0 spiro atoms. The van der Waals surface area contributed by atoms with Crippen molar-refractivity contribution >= 4 is 23.1 Å². The van der Waals surface area contributed by atoms with Gasteiger partial charge in [-0.1, -0.05) is 12.1 Å². The monoisotopic (exact) mass is 416 g/mol. The minimum absolute atomic E-state index is 0.0388. The second-order valence-corrected chi connectivity index (χ2v) is 7.63. The highest BCUT2D eigenvalue weighted by atomic mass is 19.1. The van der Waals surface area contributed by atoms with E-state index in [9.17, 15) is 19.1 Å². The van der Waals surface area contributed by atoms with Crippen molar-refractivity contribution in [2.24, 2.45) is 0 Å². The lowest BCUT2D eigenvalue weighted by molar-refractivity contribution is -0.132. The number of aliphatic hydroxyl groups is 1. The van der Waals surface area contributed by atoms with E-state index in [0.717, 1.165) is 11.1 Å². The number of aliphatic hydroxyl groups excluding tert-OH is 1. The maximum absolute atomic E-state index is 13.8. The molecule has 2 heterocycles. The number of carbonyl (C=O) groups excluding carboxylic acids is 2. The molecule has 1 N–H and O–H groups in total. The van der Waals surface area contributed by atoms with Crippen LogP contribution in [0.15, 0.2) is 66.5 Å². The Morgan fingerprint density at radius 2 is 1.71 bits per heavy atom. The minimum atomic E-state index is -0.839. The molecule has 1 aliphatic rings. The molecule has 1 amide bonds. The molecule has 0 saturated carbocycles. The van der Waals surface area contributed by atoms with Crippen LogP contribution in [-0.2, 0) is 9.59 Å². The average Bonchev–Trinajstić information content (AvgIpc) is 3.03. The normalized spacial score (nSPS) is 17.9. The number of ketones is 1. The topological polar surface area (TPSA) is 70.5 Å². The van der Waals surface area contributed by atoms with E-state index in [-0.39, 0.29) is 16.9 Å². The van der Waals surface area contributed by atoms with Gasteiger partial charge in [-0.15, -0.1) is 0 Å². The van der Waals surface area contributed by atoms with Crippen molar-refractivity contribution in [3.8, 4) is 0 Å². The lowest BCUT2D eigenvalue weighted by atomic mass is 9.95. The Hall–Kier alpha value is -3.80. The highest BCUT2D eigenvalue weighted by molar-refractivity contribution is 6.51. The third kappa shape index (κ3) is 3.40. The van der Waals surface area contributed by atoms with Crippen LogP contribution in [0.4, 0.5) is 10.1 Å². The fourth-order valence-electron chi connectivity index (χ4n) is 3.89. The molecule has 1 unspecified atom stereocenters. The lowest BCUT2D eigenvalue weighted by Crippen LogP contribution is -2.30. The van der Waals surface area contributed by atoms with Gasteiger partial charge in [-0.3, -0.25) is 19.5 Å². The van der Waals surface area contributed by atoms with Gasteiger partial charge in [-0.2, -0.15) is 0 Å². The molecule has 0 radical (unpaired) electrons. The number of carbonyl (C=O) groups is 2. The second kappa shape index (κ2) is 7.80. The average molecular weight is 416 g/mol. The maximum Gasteiger partial charge on any atom is 0.300 e. The van der Waals surface area contributed by atoms with Crippen LogP contribution in [-0.4, -0.2) is 21.8 Å². The van der Waals surface area contributed by atoms with Gasteiger partial charge in [0.05, 0.1) is 11.6 Å². The van der Waals surface area contributed by atoms with Gasteiger partial charge in [0, 0.05) is 23.6 Å². The minimum Gasteiger partial charge on any atom is -0.507 e. The summed E-state index contributed by atoms with van der Waals surface area (Å²) in [7, 11) is 0. The number of hydrogen-bond donors (Lipinski definition) is 1. The summed E-state index contributed by atoms with van der Waals surface area (Å²) in [6.07, 6.45) is 3.14. The summed E-state index contributed by atoms with van der Waals surface area (Å²) in [5.74, 6) is -2.27. The van der Waals surface area contributed by atoms with Crippen LogP contribution in [0.3, 0.4) is 0 Å². The number of hydrogen-bond acceptors (Lipinski definition) is 4. The Balaban J connectivity index is 1.98. The number of anilines is 1. The third-order valence-corrected chi connectivity index (χ3v) is 5.73. The molecule has 4 rings (SSSR count). The predicted octanol–water partition coefficient (Wildman–Crippen LogP) is 4.77. The van der Waals surface area contributed by atoms with E-state index in [1.165, 1.54) is 23.1 Å². The van der Waals surface area contributed by atoms with Gasteiger partial charge < -0.3 is 5.11 Å². The van der Waals surface area contributed by atoms with Crippen molar-refractivity contribution in [3.05, 3.63) is 100 Å². The Morgan fingerprint density at radius 1 is 1.00 bits per heavy atom. The highest BCUT2D eigenvalue weighted by Gasteiger charge is 2.47. The lowest BCUT2D eigenvalue weighted by Gasteiger charge is -2.27. The van der Waals surface area contributed by atoms with Crippen molar-refractivity contribution in [2.75, 3.05) is 4.90 Å². The predicted molar refractivity (Wildman–Crippen MR) is 116 cm³/mol. The molecule has 156 valence electrons. The van der Waals surface area contributed by atoms with E-state index in [1.54, 1.807) is 37.5 Å². The molecular formula is C25H21FN2O3. The third-order valence-electron chi connectivity index (χ3n) is 5.73. The first kappa shape index (κ1) is 20.5. The highest BCUT2D eigenvalue weighted by Crippen LogP contribution is 2.43. The molecule has 1 aliphatic heterocycles. The van der Waals surface area contributed by atoms with Crippen LogP contribution in [0.1, 0.15) is 33.9 Å². The number of aromatic nitrogens is 1. The molecule has 2 aromatic carbocycles. The first-order valence-corrected chi connectivity index (χ1v) is 9.85. The zero-order valence-electron chi connectivity index (χ0n) is 17.4. The van der Waals surface area contributed by atoms with Crippen molar-refractivity contribution in [1.82, 2.24) is 4.98 Å². The number of nitrogens with zero attached hydrogens (tertiary/aromatic N) is 2. The van der Waals surface area contributed by atoms with E-state index in [1.807, 2.05) is 26.0 Å². The first-order chi connectivity index (χ1) is 14.8. The fraction of sp³-hybridized carbons (Fsp3) is 0.160. The molecule has 31 heavy (non-hydrogen) atoms. The number of halogens is 1. The van der Waals surface area contributed by atoms with E-state index in [0.29, 0.717) is 16.8 Å². The van der Waals surface area contributed by atoms with Crippen molar-refractivity contribution < 1.29 is 19.1 Å². The Labute approximate surface area is 179 Å². The van der Waals surface area contributed by atoms with Crippen LogP contribution < -0.4 is 4.90 Å². The molecule has 6 heteroatoms. The smallest absolute Gasteiger partial charge is 0.300 e. The van der Waals surface area contributed by atoms with Gasteiger partial charge in [0.2, 0.25) is 0 Å². The fourth-order valence-corrected chi connectivity index (χ4v) is 3.89. The van der Waals surface area contributed by atoms with Gasteiger partial charge in [-0.25, -0.2) is 4.39 Å². The summed E-state index contributed by atoms with van der Waals surface area (Å²) >= 11 is 0. The first-order valence-electron chi connectivity index (χ1n) is 9.85. The van der Waals surface area contributed by atoms with E-state index in [2.05, 4.69) is 4.98 Å². The van der Waals surface area contributed by atoms with Crippen LogP contribution in [0.5, 0.6) is 0 Å². The van der Waals surface area contributed by atoms with Crippen LogP contribution in [0.25, 0.3) is 5.76 Å². The zero-order chi connectivity index (χ0) is 22.3. The van der Waals surface area contributed by atoms with Crippen LogP contribution >= 0.6 is 0 Å². The Kier molecular flexibility index (Phi) is 5.15. The van der Waals surface area contributed by atoms with Crippen LogP contribution in [0.2, 0.25) is 0 Å². The molecule has 1 fully saturated rings. The summed E-state index contributed by atoms with van der Waals surface area (Å²) in [4.78, 5) is 31.8. The summed E-state index contributed by atoms with van der Waals surface area (Å²) < 4.78 is 13.8.